The zero-order valence-corrected chi connectivity index (χ0v) is 40.0. The average molecular weight is 917 g/mol. The van der Waals surface area contributed by atoms with Gasteiger partial charge in [0, 0.05) is 149 Å². The van der Waals surface area contributed by atoms with Crippen LogP contribution in [-0.2, 0) is 24.8 Å². The Bertz CT molecular complexity index is 2820. The number of hydrogen-bond acceptors (Lipinski definition) is 9. The number of carbonyl (C=O) groups excluding carboxylic acids is 1. The molecule has 0 saturated carbocycles. The lowest BCUT2D eigenvalue weighted by molar-refractivity contribution is -0.129. The molecule has 6 aromatic rings. The van der Waals surface area contributed by atoms with Crippen LogP contribution in [0.5, 0.6) is 0 Å². The molecule has 346 valence electrons. The normalized spacial score (nSPS) is 20.5. The maximum atomic E-state index is 12.7. The van der Waals surface area contributed by atoms with Crippen molar-refractivity contribution in [3.05, 3.63) is 107 Å². The first kappa shape index (κ1) is 43.7. The van der Waals surface area contributed by atoms with Gasteiger partial charge in [0.2, 0.25) is 5.91 Å². The van der Waals surface area contributed by atoms with E-state index in [1.807, 2.05) is 42.7 Å². The Morgan fingerprint density at radius 1 is 0.851 bits per heavy atom. The molecule has 0 N–H and O–H groups in total. The summed E-state index contributed by atoms with van der Waals surface area (Å²) in [7, 11) is 1.92. The van der Waals surface area contributed by atoms with Crippen LogP contribution >= 0.6 is 11.6 Å². The average Bonchev–Trinajstić information content (AvgIpc) is 4.06. The highest BCUT2D eigenvalue weighted by molar-refractivity contribution is 6.32. The summed E-state index contributed by atoms with van der Waals surface area (Å²) in [4.78, 5) is 29.9. The highest BCUT2D eigenvalue weighted by Gasteiger charge is 2.46. The number of pyridine rings is 1. The Balaban J connectivity index is 0.687. The third kappa shape index (κ3) is 8.33. The Hall–Kier alpha value is -5.90. The zero-order valence-electron chi connectivity index (χ0n) is 39.2. The van der Waals surface area contributed by atoms with Crippen molar-refractivity contribution in [2.75, 3.05) is 73.6 Å². The summed E-state index contributed by atoms with van der Waals surface area (Å²) in [5, 5.41) is 21.9. The molecule has 11 rings (SSSR count). The van der Waals surface area contributed by atoms with E-state index >= 15 is 0 Å². The number of benzene rings is 3. The van der Waals surface area contributed by atoms with Gasteiger partial charge in [0.15, 0.2) is 0 Å². The molecule has 3 aromatic heterocycles. The third-order valence-corrected chi connectivity index (χ3v) is 16.8. The number of likely N-dealkylation sites (tertiary alicyclic amines) is 1. The second kappa shape index (κ2) is 18.0. The van der Waals surface area contributed by atoms with Gasteiger partial charge < -0.3 is 24.5 Å². The van der Waals surface area contributed by atoms with Crippen LogP contribution in [0.2, 0.25) is 5.02 Å². The second-order valence-corrected chi connectivity index (χ2v) is 20.5. The lowest BCUT2D eigenvalue weighted by atomic mass is 9.73. The number of nitrogens with zero attached hydrogens (tertiary/aromatic N) is 11. The van der Waals surface area contributed by atoms with Crippen molar-refractivity contribution in [2.24, 2.45) is 18.4 Å². The Kier molecular flexibility index (Phi) is 11.7. The van der Waals surface area contributed by atoms with Gasteiger partial charge in [-0.3, -0.25) is 19.1 Å². The molecule has 67 heavy (non-hydrogen) atoms. The van der Waals surface area contributed by atoms with E-state index in [4.69, 9.17) is 21.7 Å². The Labute approximate surface area is 399 Å². The molecule has 4 saturated heterocycles. The zero-order chi connectivity index (χ0) is 45.8. The van der Waals surface area contributed by atoms with Crippen molar-refractivity contribution in [3.8, 4) is 28.6 Å². The fourth-order valence-electron chi connectivity index (χ4n) is 12.4. The Morgan fingerprint density at radius 3 is 2.25 bits per heavy atom. The number of aryl methyl sites for hydroxylation is 1. The fraction of sp³-hybridized carbons (Fsp3) is 0.463. The van der Waals surface area contributed by atoms with Gasteiger partial charge in [-0.15, -0.1) is 0 Å². The molecular formula is C54H62ClN11O. The molecule has 0 radical (unpaired) electrons. The van der Waals surface area contributed by atoms with E-state index in [2.05, 4.69) is 97.0 Å². The number of fused-ring (bicyclic) bond motifs is 2. The van der Waals surface area contributed by atoms with Gasteiger partial charge >= 0.3 is 0 Å². The summed E-state index contributed by atoms with van der Waals surface area (Å²) in [5.74, 6) is 0.834. The van der Waals surface area contributed by atoms with E-state index < -0.39 is 0 Å². The van der Waals surface area contributed by atoms with Crippen LogP contribution < -0.4 is 14.7 Å². The number of anilines is 3. The van der Waals surface area contributed by atoms with Crippen LogP contribution in [0.15, 0.2) is 85.3 Å². The summed E-state index contributed by atoms with van der Waals surface area (Å²) >= 11 is 6.43. The fourth-order valence-corrected chi connectivity index (χ4v) is 12.6. The largest absolute Gasteiger partial charge is 0.372 e. The molecule has 1 amide bonds. The van der Waals surface area contributed by atoms with Crippen LogP contribution in [0.4, 0.5) is 17.1 Å². The SMILES string of the molecule is CC(=O)N1CCc2c(c(-c3cccc4cc(-c5cnn(C)c5)ncc34)nn2C2CCN(CC3CCN(c4ccc(N5CCC6(CC5)CCN(c5ccc(C#N)c(Cl)c5)C6C)cc4)CC3)CC2)C1. The van der Waals surface area contributed by atoms with Crippen molar-refractivity contribution in [2.45, 2.75) is 83.8 Å². The van der Waals surface area contributed by atoms with Crippen LogP contribution in [0.3, 0.4) is 0 Å². The molecule has 5 aliphatic rings. The number of nitriles is 1. The highest BCUT2D eigenvalue weighted by Crippen LogP contribution is 2.48. The van der Waals surface area contributed by atoms with Crippen molar-refractivity contribution < 1.29 is 4.79 Å². The van der Waals surface area contributed by atoms with Crippen molar-refractivity contribution in [3.63, 3.8) is 0 Å². The van der Waals surface area contributed by atoms with Gasteiger partial charge in [-0.25, -0.2) is 0 Å². The lowest BCUT2D eigenvalue weighted by Crippen LogP contribution is -2.46. The maximum absolute atomic E-state index is 12.7. The molecule has 13 heteroatoms. The van der Waals surface area contributed by atoms with E-state index in [0.717, 1.165) is 117 Å². The predicted molar refractivity (Wildman–Crippen MR) is 268 cm³/mol. The van der Waals surface area contributed by atoms with E-state index in [-0.39, 0.29) is 5.91 Å². The van der Waals surface area contributed by atoms with Crippen LogP contribution in [0.25, 0.3) is 33.3 Å². The highest BCUT2D eigenvalue weighted by atomic mass is 35.5. The standard InChI is InChI=1S/C54H62ClN11O/c1-37-54(20-28-65(37)46-8-7-41(31-56)50(55)30-46)18-26-63(27-19-54)44-11-9-43(10-12-44)62-23-13-39(14-24-62)34-61-21-15-45(16-22-61)66-52-17-25-64(38(2)67)36-49(52)53(59-66)47-6-4-5-40-29-51(57-33-48(40)47)42-32-58-60(3)35-42/h4-12,29-30,32-33,35,37,39,45H,13-28,34,36H2,1-3H3. The van der Waals surface area contributed by atoms with Crippen molar-refractivity contribution in [1.82, 2.24) is 34.3 Å². The van der Waals surface area contributed by atoms with E-state index in [0.29, 0.717) is 34.6 Å². The molecule has 0 aliphatic carbocycles. The minimum Gasteiger partial charge on any atom is -0.372 e. The molecule has 1 spiro atoms. The third-order valence-electron chi connectivity index (χ3n) is 16.5. The number of piperidine rings is 3. The first-order valence-corrected chi connectivity index (χ1v) is 25.0. The van der Waals surface area contributed by atoms with Gasteiger partial charge in [0.25, 0.3) is 0 Å². The molecule has 0 bridgehead atoms. The molecule has 8 heterocycles. The van der Waals surface area contributed by atoms with Gasteiger partial charge in [-0.2, -0.15) is 15.5 Å². The van der Waals surface area contributed by atoms with Gasteiger partial charge in [0.05, 0.1) is 34.2 Å². The molecule has 1 atom stereocenters. The number of hydrogen-bond donors (Lipinski definition) is 0. The van der Waals surface area contributed by atoms with Crippen LogP contribution in [0, 0.1) is 22.7 Å². The molecule has 1 unspecified atom stereocenters. The summed E-state index contributed by atoms with van der Waals surface area (Å²) in [5.41, 5.74) is 11.1. The molecular weight excluding hydrogens is 854 g/mol. The van der Waals surface area contributed by atoms with Crippen molar-refractivity contribution >= 4 is 45.3 Å². The number of rotatable bonds is 8. The Morgan fingerprint density at radius 2 is 1.57 bits per heavy atom. The number of halogens is 1. The van der Waals surface area contributed by atoms with E-state index in [1.54, 1.807) is 11.6 Å². The maximum Gasteiger partial charge on any atom is 0.219 e. The molecule has 5 aliphatic heterocycles. The number of amides is 1. The quantitative estimate of drug-likeness (QED) is 0.148. The smallest absolute Gasteiger partial charge is 0.219 e. The molecule has 3 aromatic carbocycles. The number of aromatic nitrogens is 5. The summed E-state index contributed by atoms with van der Waals surface area (Å²) < 4.78 is 4.17. The van der Waals surface area contributed by atoms with Gasteiger partial charge in [-0.1, -0.05) is 29.8 Å². The molecule has 12 nitrogen and oxygen atoms in total. The summed E-state index contributed by atoms with van der Waals surface area (Å²) in [6, 6.07) is 26.9. The number of carbonyl (C=O) groups is 1. The molecule has 4 fully saturated rings. The van der Waals surface area contributed by atoms with Crippen LogP contribution in [-0.4, -0.2) is 105 Å². The van der Waals surface area contributed by atoms with E-state index in [9.17, 15) is 10.1 Å². The first-order chi connectivity index (χ1) is 32.6. The second-order valence-electron chi connectivity index (χ2n) is 20.1. The minimum atomic E-state index is 0.116. The predicted octanol–water partition coefficient (Wildman–Crippen LogP) is 9.37. The van der Waals surface area contributed by atoms with E-state index in [1.165, 1.54) is 61.3 Å². The van der Waals surface area contributed by atoms with Gasteiger partial charge in [0.1, 0.15) is 6.07 Å². The lowest BCUT2D eigenvalue weighted by Gasteiger charge is -2.44. The summed E-state index contributed by atoms with van der Waals surface area (Å²) in [6.45, 7) is 14.2. The monoisotopic (exact) mass is 915 g/mol. The van der Waals surface area contributed by atoms with Crippen molar-refractivity contribution in [1.29, 1.82) is 5.26 Å². The van der Waals surface area contributed by atoms with Crippen LogP contribution in [0.1, 0.15) is 81.7 Å². The van der Waals surface area contributed by atoms with Gasteiger partial charge in [-0.05, 0) is 117 Å². The summed E-state index contributed by atoms with van der Waals surface area (Å²) in [6.07, 6.45) is 14.9. The topological polar surface area (TPSA) is 106 Å². The first-order valence-electron chi connectivity index (χ1n) is 24.7. The minimum absolute atomic E-state index is 0.116.